The van der Waals surface area contributed by atoms with Gasteiger partial charge in [0.05, 0.1) is 12.3 Å². The second-order valence-corrected chi connectivity index (χ2v) is 2.97. The van der Waals surface area contributed by atoms with E-state index in [4.69, 9.17) is 4.74 Å². The number of hydrogen-bond donors (Lipinski definition) is 0. The van der Waals surface area contributed by atoms with Crippen molar-refractivity contribution in [3.8, 4) is 0 Å². The molecule has 0 bridgehead atoms. The lowest BCUT2D eigenvalue weighted by Gasteiger charge is -2.00. The van der Waals surface area contributed by atoms with Crippen LogP contribution in [0.4, 0.5) is 0 Å². The van der Waals surface area contributed by atoms with Gasteiger partial charge in [-0.15, -0.1) is 0 Å². The second kappa shape index (κ2) is 2.66. The van der Waals surface area contributed by atoms with Crippen molar-refractivity contribution >= 4 is 0 Å². The SMILES string of the molecule is Cn1ccc(C2CCOC2)n1. The smallest absolute Gasteiger partial charge is 0.0679 e. The van der Waals surface area contributed by atoms with Gasteiger partial charge in [-0.2, -0.15) is 5.10 Å². The van der Waals surface area contributed by atoms with Crippen molar-refractivity contribution in [2.45, 2.75) is 12.3 Å². The normalized spacial score (nSPS) is 24.3. The molecule has 0 amide bonds. The average Bonchev–Trinajstić information content (AvgIpc) is 2.55. The van der Waals surface area contributed by atoms with E-state index in [-0.39, 0.29) is 0 Å². The summed E-state index contributed by atoms with van der Waals surface area (Å²) in [6, 6.07) is 2.07. The van der Waals surface area contributed by atoms with E-state index in [1.807, 2.05) is 17.9 Å². The van der Waals surface area contributed by atoms with Crippen LogP contribution in [0.25, 0.3) is 0 Å². The maximum absolute atomic E-state index is 5.27. The minimum atomic E-state index is 0.538. The third-order valence-corrected chi connectivity index (χ3v) is 2.08. The summed E-state index contributed by atoms with van der Waals surface area (Å²) in [6.07, 6.45) is 3.10. The summed E-state index contributed by atoms with van der Waals surface area (Å²) in [7, 11) is 1.94. The van der Waals surface area contributed by atoms with E-state index in [1.54, 1.807) is 0 Å². The van der Waals surface area contributed by atoms with Crippen LogP contribution in [-0.4, -0.2) is 23.0 Å². The quantitative estimate of drug-likeness (QED) is 0.598. The number of aromatic nitrogens is 2. The fourth-order valence-electron chi connectivity index (χ4n) is 1.42. The summed E-state index contributed by atoms with van der Waals surface area (Å²) in [5.41, 5.74) is 1.17. The van der Waals surface area contributed by atoms with Crippen molar-refractivity contribution in [1.82, 2.24) is 9.78 Å². The zero-order chi connectivity index (χ0) is 7.68. The molecule has 0 aromatic carbocycles. The van der Waals surface area contributed by atoms with Crippen LogP contribution in [0.15, 0.2) is 12.3 Å². The fourth-order valence-corrected chi connectivity index (χ4v) is 1.42. The molecule has 0 aliphatic carbocycles. The topological polar surface area (TPSA) is 27.1 Å². The summed E-state index contributed by atoms with van der Waals surface area (Å²) < 4.78 is 7.11. The van der Waals surface area contributed by atoms with Gasteiger partial charge in [0.2, 0.25) is 0 Å². The molecule has 1 aliphatic rings. The molecular formula is C8H12N2O. The van der Waals surface area contributed by atoms with Crippen molar-refractivity contribution in [2.75, 3.05) is 13.2 Å². The van der Waals surface area contributed by atoms with E-state index in [0.717, 1.165) is 19.6 Å². The van der Waals surface area contributed by atoms with E-state index < -0.39 is 0 Å². The van der Waals surface area contributed by atoms with E-state index >= 15 is 0 Å². The molecule has 60 valence electrons. The highest BCUT2D eigenvalue weighted by Crippen LogP contribution is 2.22. The molecule has 3 heteroatoms. The summed E-state index contributed by atoms with van der Waals surface area (Å²) in [5, 5.41) is 4.33. The Labute approximate surface area is 66.0 Å². The first-order valence-corrected chi connectivity index (χ1v) is 3.93. The Morgan fingerprint density at radius 2 is 2.64 bits per heavy atom. The lowest BCUT2D eigenvalue weighted by molar-refractivity contribution is 0.193. The average molecular weight is 152 g/mol. The Balaban J connectivity index is 2.15. The van der Waals surface area contributed by atoms with Gasteiger partial charge in [-0.25, -0.2) is 0 Å². The highest BCUT2D eigenvalue weighted by atomic mass is 16.5. The standard InChI is InChI=1S/C8H12N2O/c1-10-4-2-8(9-10)7-3-5-11-6-7/h2,4,7H,3,5-6H2,1H3. The first-order chi connectivity index (χ1) is 5.36. The zero-order valence-electron chi connectivity index (χ0n) is 6.66. The van der Waals surface area contributed by atoms with Crippen LogP contribution in [0.5, 0.6) is 0 Å². The third-order valence-electron chi connectivity index (χ3n) is 2.08. The highest BCUT2D eigenvalue weighted by molar-refractivity contribution is 5.07. The predicted octanol–water partition coefficient (Wildman–Crippen LogP) is 0.924. The van der Waals surface area contributed by atoms with Crippen LogP contribution < -0.4 is 0 Å². The minimum absolute atomic E-state index is 0.538. The van der Waals surface area contributed by atoms with E-state index in [2.05, 4.69) is 11.2 Å². The predicted molar refractivity (Wildman–Crippen MR) is 41.4 cm³/mol. The molecule has 0 spiro atoms. The Hall–Kier alpha value is -0.830. The monoisotopic (exact) mass is 152 g/mol. The molecule has 11 heavy (non-hydrogen) atoms. The van der Waals surface area contributed by atoms with Crippen molar-refractivity contribution in [1.29, 1.82) is 0 Å². The molecule has 3 nitrogen and oxygen atoms in total. The summed E-state index contributed by atoms with van der Waals surface area (Å²) >= 11 is 0. The fraction of sp³-hybridized carbons (Fsp3) is 0.625. The second-order valence-electron chi connectivity index (χ2n) is 2.97. The molecule has 1 unspecified atom stereocenters. The summed E-state index contributed by atoms with van der Waals surface area (Å²) in [5.74, 6) is 0.538. The van der Waals surface area contributed by atoms with Gasteiger partial charge in [-0.05, 0) is 12.5 Å². The molecule has 1 aliphatic heterocycles. The van der Waals surface area contributed by atoms with Gasteiger partial charge in [0, 0.05) is 25.8 Å². The first-order valence-electron chi connectivity index (χ1n) is 3.93. The number of aryl methyl sites for hydroxylation is 1. The Bertz CT molecular complexity index is 238. The molecular weight excluding hydrogens is 140 g/mol. The lowest BCUT2D eigenvalue weighted by atomic mass is 10.1. The van der Waals surface area contributed by atoms with E-state index in [9.17, 15) is 0 Å². The largest absolute Gasteiger partial charge is 0.381 e. The molecule has 0 radical (unpaired) electrons. The molecule has 2 heterocycles. The lowest BCUT2D eigenvalue weighted by Crippen LogP contribution is -1.99. The van der Waals surface area contributed by atoms with Crippen molar-refractivity contribution in [2.24, 2.45) is 7.05 Å². The van der Waals surface area contributed by atoms with Gasteiger partial charge in [0.15, 0.2) is 0 Å². The number of hydrogen-bond acceptors (Lipinski definition) is 2. The maximum atomic E-state index is 5.27. The van der Waals surface area contributed by atoms with Crippen LogP contribution in [0, 0.1) is 0 Å². The molecule has 1 aromatic heterocycles. The van der Waals surface area contributed by atoms with Crippen LogP contribution >= 0.6 is 0 Å². The zero-order valence-corrected chi connectivity index (χ0v) is 6.66. The van der Waals surface area contributed by atoms with Crippen LogP contribution in [0.3, 0.4) is 0 Å². The van der Waals surface area contributed by atoms with Gasteiger partial charge < -0.3 is 4.74 Å². The Morgan fingerprint density at radius 3 is 3.18 bits per heavy atom. The van der Waals surface area contributed by atoms with Crippen LogP contribution in [0.1, 0.15) is 18.0 Å². The van der Waals surface area contributed by atoms with Gasteiger partial charge in [0.25, 0.3) is 0 Å². The van der Waals surface area contributed by atoms with E-state index in [0.29, 0.717) is 5.92 Å². The van der Waals surface area contributed by atoms with Crippen LogP contribution in [-0.2, 0) is 11.8 Å². The van der Waals surface area contributed by atoms with Crippen molar-refractivity contribution < 1.29 is 4.74 Å². The van der Waals surface area contributed by atoms with Crippen LogP contribution in [0.2, 0.25) is 0 Å². The molecule has 1 aromatic rings. The molecule has 0 saturated carbocycles. The van der Waals surface area contributed by atoms with Gasteiger partial charge in [-0.1, -0.05) is 0 Å². The number of ether oxygens (including phenoxy) is 1. The molecule has 0 N–H and O–H groups in total. The summed E-state index contributed by atoms with van der Waals surface area (Å²) in [6.45, 7) is 1.73. The van der Waals surface area contributed by atoms with Crippen molar-refractivity contribution in [3.05, 3.63) is 18.0 Å². The van der Waals surface area contributed by atoms with Gasteiger partial charge in [-0.3, -0.25) is 4.68 Å². The number of rotatable bonds is 1. The molecule has 1 saturated heterocycles. The maximum Gasteiger partial charge on any atom is 0.0679 e. The number of nitrogens with zero attached hydrogens (tertiary/aromatic N) is 2. The van der Waals surface area contributed by atoms with Gasteiger partial charge in [0.1, 0.15) is 0 Å². The Morgan fingerprint density at radius 1 is 1.73 bits per heavy atom. The molecule has 1 fully saturated rings. The molecule has 1 atom stereocenters. The Kier molecular flexibility index (Phi) is 1.66. The molecule has 2 rings (SSSR count). The third kappa shape index (κ3) is 1.28. The summed E-state index contributed by atoms with van der Waals surface area (Å²) in [4.78, 5) is 0. The first kappa shape index (κ1) is 6.85. The van der Waals surface area contributed by atoms with E-state index in [1.165, 1.54) is 5.69 Å². The highest BCUT2D eigenvalue weighted by Gasteiger charge is 2.19. The van der Waals surface area contributed by atoms with Crippen molar-refractivity contribution in [3.63, 3.8) is 0 Å². The van der Waals surface area contributed by atoms with Gasteiger partial charge >= 0.3 is 0 Å². The minimum Gasteiger partial charge on any atom is -0.381 e.